The molecule has 17 heavy (non-hydrogen) atoms. The minimum Gasteiger partial charge on any atom is -0.353 e. The van der Waals surface area contributed by atoms with E-state index in [9.17, 15) is 14.4 Å². The zero-order valence-electron chi connectivity index (χ0n) is 9.14. The van der Waals surface area contributed by atoms with Crippen LogP contribution in [0.3, 0.4) is 0 Å². The lowest BCUT2D eigenvalue weighted by Crippen LogP contribution is -2.45. The number of rotatable bonds is 4. The Bertz CT molecular complexity index is 359. The number of amides is 3. The van der Waals surface area contributed by atoms with Crippen LogP contribution in [0.1, 0.15) is 0 Å². The van der Waals surface area contributed by atoms with Gasteiger partial charge in [-0.1, -0.05) is 0 Å². The van der Waals surface area contributed by atoms with Gasteiger partial charge in [0.05, 0.1) is 6.04 Å². The second-order valence-corrected chi connectivity index (χ2v) is 4.75. The summed E-state index contributed by atoms with van der Waals surface area (Å²) in [6.45, 7) is 0.511. The topological polar surface area (TPSA) is 78.5 Å². The highest BCUT2D eigenvalue weighted by atomic mass is 32.2. The van der Waals surface area contributed by atoms with Crippen molar-refractivity contribution in [2.45, 2.75) is 6.04 Å². The van der Waals surface area contributed by atoms with Crippen LogP contribution in [0.25, 0.3) is 0 Å². The average Bonchev–Trinajstić information content (AvgIpc) is 2.93. The van der Waals surface area contributed by atoms with E-state index in [2.05, 4.69) is 10.6 Å². The van der Waals surface area contributed by atoms with Gasteiger partial charge in [-0.05, 0) is 0 Å². The first-order valence-corrected chi connectivity index (χ1v) is 6.46. The van der Waals surface area contributed by atoms with Gasteiger partial charge in [0.1, 0.15) is 0 Å². The summed E-state index contributed by atoms with van der Waals surface area (Å²) in [5, 5.41) is 5.75. The third-order valence-corrected chi connectivity index (χ3v) is 3.51. The number of carbonyl (C=O) groups excluding carboxylic acids is 3. The fourth-order valence-electron chi connectivity index (χ4n) is 1.63. The van der Waals surface area contributed by atoms with Gasteiger partial charge in [-0.25, -0.2) is 0 Å². The maximum atomic E-state index is 11.6. The number of nitrogens with one attached hydrogen (secondary N) is 2. The predicted molar refractivity (Wildman–Crippen MR) is 63.1 cm³/mol. The quantitative estimate of drug-likeness (QED) is 0.610. The molecular formula is C10H13N3O3S. The molecule has 0 aliphatic carbocycles. The number of hydrogen-bond donors (Lipinski definition) is 2. The largest absolute Gasteiger partial charge is 0.353 e. The van der Waals surface area contributed by atoms with Crippen LogP contribution in [0.5, 0.6) is 0 Å². The minimum atomic E-state index is -0.321. The molecule has 2 rings (SSSR count). The number of carbonyl (C=O) groups is 3. The number of thioether (sulfide) groups is 1. The van der Waals surface area contributed by atoms with Crippen molar-refractivity contribution in [2.24, 2.45) is 0 Å². The first kappa shape index (κ1) is 12.1. The normalized spacial score (nSPS) is 23.5. The van der Waals surface area contributed by atoms with Crippen molar-refractivity contribution in [2.75, 3.05) is 24.7 Å². The molecule has 7 heteroatoms. The molecule has 1 fully saturated rings. The monoisotopic (exact) mass is 255 g/mol. The maximum absolute atomic E-state index is 11.6. The predicted octanol–water partition coefficient (Wildman–Crippen LogP) is -1.31. The average molecular weight is 255 g/mol. The summed E-state index contributed by atoms with van der Waals surface area (Å²) in [6, 6.07) is -0.164. The number of nitrogens with zero attached hydrogens (tertiary/aromatic N) is 1. The summed E-state index contributed by atoms with van der Waals surface area (Å²) in [6.07, 6.45) is 2.47. The molecule has 0 saturated carbocycles. The van der Waals surface area contributed by atoms with Crippen molar-refractivity contribution in [1.82, 2.24) is 15.5 Å². The molecule has 0 aromatic heterocycles. The fourth-order valence-corrected chi connectivity index (χ4v) is 2.57. The third kappa shape index (κ3) is 2.86. The highest BCUT2D eigenvalue weighted by Gasteiger charge is 2.24. The van der Waals surface area contributed by atoms with Gasteiger partial charge >= 0.3 is 0 Å². The van der Waals surface area contributed by atoms with Gasteiger partial charge in [0.25, 0.3) is 11.8 Å². The molecule has 6 nitrogen and oxygen atoms in total. The highest BCUT2D eigenvalue weighted by molar-refractivity contribution is 7.99. The molecule has 1 saturated heterocycles. The van der Waals surface area contributed by atoms with E-state index in [1.165, 1.54) is 12.2 Å². The zero-order valence-corrected chi connectivity index (χ0v) is 9.96. The second kappa shape index (κ2) is 5.33. The zero-order chi connectivity index (χ0) is 12.3. The van der Waals surface area contributed by atoms with Gasteiger partial charge in [-0.2, -0.15) is 0 Å². The molecule has 0 aromatic carbocycles. The van der Waals surface area contributed by atoms with Crippen LogP contribution >= 0.6 is 11.8 Å². The van der Waals surface area contributed by atoms with E-state index in [0.29, 0.717) is 6.54 Å². The molecule has 0 bridgehead atoms. The molecule has 2 aliphatic heterocycles. The number of hydrogen-bond acceptors (Lipinski definition) is 5. The fraction of sp³-hybridized carbons (Fsp3) is 0.500. The second-order valence-electron chi connectivity index (χ2n) is 3.72. The van der Waals surface area contributed by atoms with Gasteiger partial charge in [0, 0.05) is 36.9 Å². The summed E-state index contributed by atoms with van der Waals surface area (Å²) < 4.78 is 0. The van der Waals surface area contributed by atoms with E-state index in [1.54, 1.807) is 11.8 Å². The third-order valence-electron chi connectivity index (χ3n) is 2.57. The first-order valence-electron chi connectivity index (χ1n) is 5.31. The Hall–Kier alpha value is -1.34. The summed E-state index contributed by atoms with van der Waals surface area (Å²) in [7, 11) is 0. The van der Waals surface area contributed by atoms with Crippen molar-refractivity contribution in [3.8, 4) is 0 Å². The Morgan fingerprint density at radius 1 is 1.47 bits per heavy atom. The van der Waals surface area contributed by atoms with E-state index >= 15 is 0 Å². The molecule has 2 N–H and O–H groups in total. The van der Waals surface area contributed by atoms with Crippen LogP contribution in [0.4, 0.5) is 0 Å². The van der Waals surface area contributed by atoms with Crippen molar-refractivity contribution in [1.29, 1.82) is 0 Å². The van der Waals surface area contributed by atoms with Crippen molar-refractivity contribution in [3.05, 3.63) is 12.2 Å². The highest BCUT2D eigenvalue weighted by Crippen LogP contribution is 2.09. The van der Waals surface area contributed by atoms with E-state index in [-0.39, 0.29) is 30.3 Å². The van der Waals surface area contributed by atoms with Crippen molar-refractivity contribution < 1.29 is 14.4 Å². The van der Waals surface area contributed by atoms with Gasteiger partial charge in [-0.15, -0.1) is 11.8 Å². The van der Waals surface area contributed by atoms with Crippen LogP contribution in [-0.2, 0) is 14.4 Å². The molecule has 3 amide bonds. The van der Waals surface area contributed by atoms with Gasteiger partial charge < -0.3 is 5.32 Å². The van der Waals surface area contributed by atoms with Crippen LogP contribution in [0, 0.1) is 0 Å². The van der Waals surface area contributed by atoms with E-state index in [1.807, 2.05) is 0 Å². The van der Waals surface area contributed by atoms with E-state index < -0.39 is 0 Å². The lowest BCUT2D eigenvalue weighted by atomic mass is 10.3. The summed E-state index contributed by atoms with van der Waals surface area (Å²) in [4.78, 5) is 35.1. The van der Waals surface area contributed by atoms with Crippen molar-refractivity contribution in [3.63, 3.8) is 0 Å². The SMILES string of the molecule is O=C(NCCN1C(=O)C=CC1=O)C1CSCN1. The van der Waals surface area contributed by atoms with Gasteiger partial charge in [0.15, 0.2) is 0 Å². The number of imide groups is 1. The Kier molecular flexibility index (Phi) is 3.80. The molecular weight excluding hydrogens is 242 g/mol. The molecule has 0 aromatic rings. The maximum Gasteiger partial charge on any atom is 0.253 e. The van der Waals surface area contributed by atoms with Gasteiger partial charge in [0.2, 0.25) is 5.91 Å². The van der Waals surface area contributed by atoms with E-state index in [0.717, 1.165) is 16.5 Å². The van der Waals surface area contributed by atoms with E-state index in [4.69, 9.17) is 0 Å². The van der Waals surface area contributed by atoms with Crippen LogP contribution in [0.15, 0.2) is 12.2 Å². The summed E-state index contributed by atoms with van der Waals surface area (Å²) in [5.74, 6) is 0.819. The standard InChI is InChI=1S/C10H13N3O3S/c14-8-1-2-9(15)13(8)4-3-11-10(16)7-5-17-6-12-7/h1-2,7,12H,3-6H2,(H,11,16). The molecule has 2 heterocycles. The smallest absolute Gasteiger partial charge is 0.253 e. The Morgan fingerprint density at radius 3 is 2.76 bits per heavy atom. The Balaban J connectivity index is 1.70. The Labute approximate surface area is 103 Å². The lowest BCUT2D eigenvalue weighted by Gasteiger charge is -2.15. The van der Waals surface area contributed by atoms with Crippen molar-refractivity contribution >= 4 is 29.5 Å². The van der Waals surface area contributed by atoms with Crippen LogP contribution in [-0.4, -0.2) is 53.4 Å². The van der Waals surface area contributed by atoms with Crippen LogP contribution < -0.4 is 10.6 Å². The molecule has 1 atom stereocenters. The molecule has 0 radical (unpaired) electrons. The molecule has 0 spiro atoms. The minimum absolute atomic E-state index is 0.0814. The first-order chi connectivity index (χ1) is 8.18. The summed E-state index contributed by atoms with van der Waals surface area (Å²) in [5.41, 5.74) is 0. The summed E-state index contributed by atoms with van der Waals surface area (Å²) >= 11 is 1.67. The lowest BCUT2D eigenvalue weighted by molar-refractivity contribution is -0.137. The molecule has 1 unspecified atom stereocenters. The van der Waals surface area contributed by atoms with Crippen LogP contribution in [0.2, 0.25) is 0 Å². The Morgan fingerprint density at radius 2 is 2.18 bits per heavy atom. The van der Waals surface area contributed by atoms with Gasteiger partial charge in [-0.3, -0.25) is 24.6 Å². The molecule has 2 aliphatic rings. The molecule has 92 valence electrons.